The smallest absolute Gasteiger partial charge is 0.240 e. The number of nitrogens with one attached hydrogen (secondary N) is 1. The molecular weight excluding hydrogens is 338 g/mol. The maximum atomic E-state index is 12.3. The summed E-state index contributed by atoms with van der Waals surface area (Å²) in [5.74, 6) is -0.245. The van der Waals surface area contributed by atoms with E-state index in [1.165, 1.54) is 30.2 Å². The second-order valence-corrected chi connectivity index (χ2v) is 7.00. The van der Waals surface area contributed by atoms with Crippen LogP contribution < -0.4 is 15.1 Å². The van der Waals surface area contributed by atoms with Gasteiger partial charge in [-0.3, -0.25) is 9.59 Å². The second kappa shape index (κ2) is 10.8. The molecule has 5 nitrogen and oxygen atoms in total. The lowest BCUT2D eigenvalue weighted by molar-refractivity contribution is -0.123. The SMILES string of the molecule is CCN(CC)c1ccc(N(CC(=O)NCCC2=CCCCC2)C(C)=O)cc1. The van der Waals surface area contributed by atoms with Gasteiger partial charge in [0.05, 0.1) is 0 Å². The summed E-state index contributed by atoms with van der Waals surface area (Å²) in [4.78, 5) is 28.1. The Bertz CT molecular complexity index is 648. The summed E-state index contributed by atoms with van der Waals surface area (Å²) in [7, 11) is 0. The monoisotopic (exact) mass is 371 g/mol. The summed E-state index contributed by atoms with van der Waals surface area (Å²) >= 11 is 0. The van der Waals surface area contributed by atoms with Gasteiger partial charge in [-0.05, 0) is 70.2 Å². The molecule has 1 aliphatic carbocycles. The van der Waals surface area contributed by atoms with Crippen molar-refractivity contribution in [3.63, 3.8) is 0 Å². The molecule has 2 rings (SSSR count). The van der Waals surface area contributed by atoms with Gasteiger partial charge in [0.15, 0.2) is 0 Å². The van der Waals surface area contributed by atoms with E-state index in [0.29, 0.717) is 6.54 Å². The topological polar surface area (TPSA) is 52.6 Å². The van der Waals surface area contributed by atoms with E-state index in [2.05, 4.69) is 30.1 Å². The number of hydrogen-bond acceptors (Lipinski definition) is 3. The third-order valence-electron chi connectivity index (χ3n) is 5.13. The summed E-state index contributed by atoms with van der Waals surface area (Å²) in [6, 6.07) is 7.84. The number of carbonyl (C=O) groups is 2. The first-order chi connectivity index (χ1) is 13.0. The minimum Gasteiger partial charge on any atom is -0.372 e. The molecular formula is C22H33N3O2. The van der Waals surface area contributed by atoms with Crippen molar-refractivity contribution in [3.8, 4) is 0 Å². The van der Waals surface area contributed by atoms with Crippen molar-refractivity contribution in [3.05, 3.63) is 35.9 Å². The zero-order chi connectivity index (χ0) is 19.6. The number of anilines is 2. The van der Waals surface area contributed by atoms with E-state index in [1.54, 1.807) is 0 Å². The molecule has 0 fully saturated rings. The van der Waals surface area contributed by atoms with Gasteiger partial charge in [0.1, 0.15) is 6.54 Å². The normalized spacial score (nSPS) is 13.7. The van der Waals surface area contributed by atoms with Gasteiger partial charge in [-0.15, -0.1) is 0 Å². The molecule has 0 saturated carbocycles. The molecule has 0 radical (unpaired) electrons. The Morgan fingerprint density at radius 1 is 1.04 bits per heavy atom. The molecule has 0 bridgehead atoms. The van der Waals surface area contributed by atoms with Gasteiger partial charge in [-0.2, -0.15) is 0 Å². The highest BCUT2D eigenvalue weighted by Crippen LogP contribution is 2.21. The summed E-state index contributed by atoms with van der Waals surface area (Å²) in [6.07, 6.45) is 8.04. The number of benzene rings is 1. The van der Waals surface area contributed by atoms with E-state index in [1.807, 2.05) is 24.3 Å². The van der Waals surface area contributed by atoms with Crippen molar-refractivity contribution in [1.82, 2.24) is 5.32 Å². The lowest BCUT2D eigenvalue weighted by Gasteiger charge is -2.24. The summed E-state index contributed by atoms with van der Waals surface area (Å²) in [5, 5.41) is 2.95. The number of nitrogens with zero attached hydrogens (tertiary/aromatic N) is 2. The molecule has 1 aromatic carbocycles. The Morgan fingerprint density at radius 2 is 1.70 bits per heavy atom. The van der Waals surface area contributed by atoms with Crippen LogP contribution in [0.25, 0.3) is 0 Å². The highest BCUT2D eigenvalue weighted by atomic mass is 16.2. The average molecular weight is 372 g/mol. The van der Waals surface area contributed by atoms with Crippen LogP contribution in [0.3, 0.4) is 0 Å². The first kappa shape index (κ1) is 21.0. The molecule has 148 valence electrons. The Balaban J connectivity index is 1.91. The van der Waals surface area contributed by atoms with E-state index in [0.717, 1.165) is 43.7 Å². The molecule has 0 saturated heterocycles. The molecule has 5 heteroatoms. The van der Waals surface area contributed by atoms with Crippen LogP contribution in [0.15, 0.2) is 35.9 Å². The van der Waals surface area contributed by atoms with Gasteiger partial charge in [0.2, 0.25) is 11.8 Å². The van der Waals surface area contributed by atoms with E-state index < -0.39 is 0 Å². The van der Waals surface area contributed by atoms with Crippen LogP contribution in [0.2, 0.25) is 0 Å². The van der Waals surface area contributed by atoms with E-state index in [-0.39, 0.29) is 18.4 Å². The summed E-state index contributed by atoms with van der Waals surface area (Å²) in [6.45, 7) is 8.30. The number of allylic oxidation sites excluding steroid dienone is 1. The number of amides is 2. The lowest BCUT2D eigenvalue weighted by Crippen LogP contribution is -2.40. The highest BCUT2D eigenvalue weighted by molar-refractivity contribution is 5.97. The van der Waals surface area contributed by atoms with Gasteiger partial charge < -0.3 is 15.1 Å². The maximum Gasteiger partial charge on any atom is 0.240 e. The molecule has 1 N–H and O–H groups in total. The van der Waals surface area contributed by atoms with Crippen LogP contribution in [-0.2, 0) is 9.59 Å². The predicted octanol–water partition coefficient (Wildman–Crippen LogP) is 3.89. The third kappa shape index (κ3) is 6.42. The highest BCUT2D eigenvalue weighted by Gasteiger charge is 2.16. The van der Waals surface area contributed by atoms with Gasteiger partial charge in [-0.1, -0.05) is 11.6 Å². The van der Waals surface area contributed by atoms with Gasteiger partial charge in [-0.25, -0.2) is 0 Å². The van der Waals surface area contributed by atoms with Crippen molar-refractivity contribution in [2.45, 2.75) is 52.9 Å². The largest absolute Gasteiger partial charge is 0.372 e. The Morgan fingerprint density at radius 3 is 2.26 bits per heavy atom. The average Bonchev–Trinajstić information content (AvgIpc) is 2.68. The van der Waals surface area contributed by atoms with Crippen molar-refractivity contribution < 1.29 is 9.59 Å². The Labute approximate surface area is 163 Å². The van der Waals surface area contributed by atoms with Crippen LogP contribution in [0.4, 0.5) is 11.4 Å². The first-order valence-electron chi connectivity index (χ1n) is 10.1. The molecule has 0 unspecified atom stereocenters. The van der Waals surface area contributed by atoms with Crippen LogP contribution in [-0.4, -0.2) is 38.0 Å². The van der Waals surface area contributed by atoms with Gasteiger partial charge >= 0.3 is 0 Å². The fraction of sp³-hybridized carbons (Fsp3) is 0.545. The molecule has 0 aromatic heterocycles. The van der Waals surface area contributed by atoms with E-state index in [9.17, 15) is 9.59 Å². The van der Waals surface area contributed by atoms with E-state index in [4.69, 9.17) is 0 Å². The van der Waals surface area contributed by atoms with Crippen molar-refractivity contribution in [2.24, 2.45) is 0 Å². The Kier molecular flexibility index (Phi) is 8.37. The molecule has 1 aliphatic rings. The number of carbonyl (C=O) groups excluding carboxylic acids is 2. The first-order valence-corrected chi connectivity index (χ1v) is 10.1. The summed E-state index contributed by atoms with van der Waals surface area (Å²) in [5.41, 5.74) is 3.32. The number of rotatable bonds is 9. The summed E-state index contributed by atoms with van der Waals surface area (Å²) < 4.78 is 0. The van der Waals surface area contributed by atoms with Crippen molar-refractivity contribution in [2.75, 3.05) is 36.0 Å². The lowest BCUT2D eigenvalue weighted by atomic mass is 9.97. The predicted molar refractivity (Wildman–Crippen MR) is 112 cm³/mol. The molecule has 27 heavy (non-hydrogen) atoms. The third-order valence-corrected chi connectivity index (χ3v) is 5.13. The molecule has 0 aliphatic heterocycles. The van der Waals surface area contributed by atoms with E-state index >= 15 is 0 Å². The number of hydrogen-bond donors (Lipinski definition) is 1. The zero-order valence-electron chi connectivity index (χ0n) is 17.0. The minimum absolute atomic E-state index is 0.0546. The van der Waals surface area contributed by atoms with Gasteiger partial charge in [0.25, 0.3) is 0 Å². The standard InChI is InChI=1S/C22H33N3O2/c1-4-24(5-2)20-11-13-21(14-12-20)25(18(3)26)17-22(27)23-16-15-19-9-7-6-8-10-19/h9,11-14H,4-8,10,15-17H2,1-3H3,(H,23,27). The minimum atomic E-state index is -0.129. The van der Waals surface area contributed by atoms with Crippen molar-refractivity contribution in [1.29, 1.82) is 0 Å². The molecule has 0 spiro atoms. The Hall–Kier alpha value is -2.30. The molecule has 0 atom stereocenters. The fourth-order valence-electron chi connectivity index (χ4n) is 3.51. The maximum absolute atomic E-state index is 12.3. The van der Waals surface area contributed by atoms with Crippen LogP contribution in [0.5, 0.6) is 0 Å². The second-order valence-electron chi connectivity index (χ2n) is 7.00. The van der Waals surface area contributed by atoms with Crippen LogP contribution >= 0.6 is 0 Å². The van der Waals surface area contributed by atoms with Crippen LogP contribution in [0.1, 0.15) is 52.9 Å². The fourth-order valence-corrected chi connectivity index (χ4v) is 3.51. The van der Waals surface area contributed by atoms with Gasteiger partial charge in [0, 0.05) is 37.9 Å². The van der Waals surface area contributed by atoms with Crippen LogP contribution in [0, 0.1) is 0 Å². The zero-order valence-corrected chi connectivity index (χ0v) is 17.0. The molecule has 2 amide bonds. The molecule has 1 aromatic rings. The quantitative estimate of drug-likeness (QED) is 0.670. The molecule has 0 heterocycles. The van der Waals surface area contributed by atoms with Crippen molar-refractivity contribution >= 4 is 23.2 Å².